The summed E-state index contributed by atoms with van der Waals surface area (Å²) in [5.74, 6) is 0.857. The molecule has 2 nitrogen and oxygen atoms in total. The van der Waals surface area contributed by atoms with E-state index in [0.717, 1.165) is 21.7 Å². The number of hydrogen-bond donors (Lipinski definition) is 0. The minimum Gasteiger partial charge on any atom is -0.321 e. The first-order valence-corrected chi connectivity index (χ1v) is 7.68. The van der Waals surface area contributed by atoms with E-state index in [1.807, 2.05) is 41.0 Å². The number of aromatic nitrogens is 2. The SMILES string of the molecule is FCCn1c(-c2cc3ccccc3s2)nc2ccccc21. The third kappa shape index (κ3) is 2.03. The Balaban J connectivity index is 1.98. The summed E-state index contributed by atoms with van der Waals surface area (Å²) in [6.07, 6.45) is 0. The van der Waals surface area contributed by atoms with E-state index in [1.165, 1.54) is 10.1 Å². The molecule has 0 amide bonds. The number of nitrogens with zero attached hydrogens (tertiary/aromatic N) is 2. The van der Waals surface area contributed by atoms with E-state index >= 15 is 0 Å². The summed E-state index contributed by atoms with van der Waals surface area (Å²) in [7, 11) is 0. The van der Waals surface area contributed by atoms with E-state index in [-0.39, 0.29) is 0 Å². The number of rotatable bonds is 3. The van der Waals surface area contributed by atoms with Gasteiger partial charge in [0.1, 0.15) is 6.67 Å². The molecule has 0 aliphatic rings. The van der Waals surface area contributed by atoms with E-state index in [2.05, 4.69) is 18.2 Å². The molecule has 2 aromatic heterocycles. The fraction of sp³-hybridized carbons (Fsp3) is 0.118. The zero-order valence-corrected chi connectivity index (χ0v) is 12.1. The van der Waals surface area contributed by atoms with Crippen molar-refractivity contribution in [1.29, 1.82) is 0 Å². The quantitative estimate of drug-likeness (QED) is 0.526. The second-order valence-electron chi connectivity index (χ2n) is 4.91. The van der Waals surface area contributed by atoms with Gasteiger partial charge < -0.3 is 4.57 Å². The van der Waals surface area contributed by atoms with Crippen molar-refractivity contribution in [3.63, 3.8) is 0 Å². The van der Waals surface area contributed by atoms with Gasteiger partial charge in [0.2, 0.25) is 0 Å². The van der Waals surface area contributed by atoms with Gasteiger partial charge >= 0.3 is 0 Å². The Labute approximate surface area is 125 Å². The van der Waals surface area contributed by atoms with E-state index in [0.29, 0.717) is 6.54 Å². The van der Waals surface area contributed by atoms with Gasteiger partial charge in [0.05, 0.1) is 22.5 Å². The number of benzene rings is 2. The van der Waals surface area contributed by atoms with Gasteiger partial charge in [0.25, 0.3) is 0 Å². The lowest BCUT2D eigenvalue weighted by Gasteiger charge is -2.04. The van der Waals surface area contributed by atoms with Crippen molar-refractivity contribution < 1.29 is 4.39 Å². The normalized spacial score (nSPS) is 11.5. The van der Waals surface area contributed by atoms with E-state index in [1.54, 1.807) is 11.3 Å². The summed E-state index contributed by atoms with van der Waals surface area (Å²) >= 11 is 1.70. The first kappa shape index (κ1) is 12.5. The van der Waals surface area contributed by atoms with Crippen LogP contribution in [0.25, 0.3) is 31.8 Å². The molecule has 104 valence electrons. The van der Waals surface area contributed by atoms with Crippen LogP contribution in [0.15, 0.2) is 54.6 Å². The summed E-state index contributed by atoms with van der Waals surface area (Å²) in [5.41, 5.74) is 1.90. The number of aryl methyl sites for hydroxylation is 1. The van der Waals surface area contributed by atoms with Gasteiger partial charge in [-0.3, -0.25) is 0 Å². The predicted octanol–water partition coefficient (Wildman–Crippen LogP) is 4.89. The van der Waals surface area contributed by atoms with Crippen molar-refractivity contribution in [3.8, 4) is 10.7 Å². The number of hydrogen-bond acceptors (Lipinski definition) is 2. The molecule has 0 unspecified atom stereocenters. The summed E-state index contributed by atoms with van der Waals surface area (Å²) in [4.78, 5) is 5.79. The molecule has 2 heterocycles. The molecule has 0 spiro atoms. The molecule has 0 atom stereocenters. The topological polar surface area (TPSA) is 17.8 Å². The average Bonchev–Trinajstić information content (AvgIpc) is 3.09. The minimum absolute atomic E-state index is 0.337. The maximum Gasteiger partial charge on any atom is 0.151 e. The molecule has 4 rings (SSSR count). The molecule has 0 saturated carbocycles. The third-order valence-electron chi connectivity index (χ3n) is 3.61. The lowest BCUT2D eigenvalue weighted by molar-refractivity contribution is 0.451. The average molecular weight is 296 g/mol. The van der Waals surface area contributed by atoms with Gasteiger partial charge in [-0.15, -0.1) is 11.3 Å². The van der Waals surface area contributed by atoms with Crippen LogP contribution in [0.4, 0.5) is 4.39 Å². The standard InChI is InChI=1S/C17H13FN2S/c18-9-10-20-14-7-3-2-6-13(14)19-17(20)16-11-12-5-1-4-8-15(12)21-16/h1-8,11H,9-10H2. The van der Waals surface area contributed by atoms with Crippen molar-refractivity contribution in [2.45, 2.75) is 6.54 Å². The number of imidazole rings is 1. The van der Waals surface area contributed by atoms with E-state index in [9.17, 15) is 4.39 Å². The molecule has 21 heavy (non-hydrogen) atoms. The van der Waals surface area contributed by atoms with Gasteiger partial charge in [-0.25, -0.2) is 9.37 Å². The molecular formula is C17H13FN2S. The first-order chi connectivity index (χ1) is 10.4. The molecule has 0 saturated heterocycles. The predicted molar refractivity (Wildman–Crippen MR) is 86.5 cm³/mol. The Morgan fingerprint density at radius 3 is 2.71 bits per heavy atom. The number of para-hydroxylation sites is 2. The molecular weight excluding hydrogens is 283 g/mol. The summed E-state index contributed by atoms with van der Waals surface area (Å²) < 4.78 is 16.1. The summed E-state index contributed by atoms with van der Waals surface area (Å²) in [5, 5.41) is 1.20. The molecule has 0 radical (unpaired) electrons. The summed E-state index contributed by atoms with van der Waals surface area (Å²) in [6.45, 7) is -0.0532. The van der Waals surface area contributed by atoms with Crippen LogP contribution in [0.1, 0.15) is 0 Å². The minimum atomic E-state index is -0.391. The molecule has 0 aliphatic carbocycles. The Kier molecular flexibility index (Phi) is 2.97. The second kappa shape index (κ2) is 4.97. The molecule has 0 fully saturated rings. The fourth-order valence-electron chi connectivity index (χ4n) is 2.67. The number of halogens is 1. The van der Waals surface area contributed by atoms with Crippen LogP contribution < -0.4 is 0 Å². The van der Waals surface area contributed by atoms with Gasteiger partial charge in [-0.2, -0.15) is 0 Å². The van der Waals surface area contributed by atoms with Crippen LogP contribution in [0, 0.1) is 0 Å². The van der Waals surface area contributed by atoms with E-state index in [4.69, 9.17) is 4.98 Å². The van der Waals surface area contributed by atoms with Crippen LogP contribution in [0.5, 0.6) is 0 Å². The highest BCUT2D eigenvalue weighted by molar-refractivity contribution is 7.22. The van der Waals surface area contributed by atoms with Gasteiger partial charge in [-0.05, 0) is 29.7 Å². The molecule has 0 bridgehead atoms. The monoisotopic (exact) mass is 296 g/mol. The Morgan fingerprint density at radius 2 is 1.86 bits per heavy atom. The van der Waals surface area contributed by atoms with Crippen LogP contribution >= 0.6 is 11.3 Å². The maximum atomic E-state index is 12.9. The van der Waals surface area contributed by atoms with Gasteiger partial charge in [0, 0.05) is 4.70 Å². The van der Waals surface area contributed by atoms with Crippen LogP contribution in [-0.4, -0.2) is 16.2 Å². The Hall–Kier alpha value is -2.20. The highest BCUT2D eigenvalue weighted by Crippen LogP contribution is 2.34. The molecule has 0 aliphatic heterocycles. The van der Waals surface area contributed by atoms with Crippen LogP contribution in [0.3, 0.4) is 0 Å². The van der Waals surface area contributed by atoms with Gasteiger partial charge in [0.15, 0.2) is 5.82 Å². The first-order valence-electron chi connectivity index (χ1n) is 6.87. The highest BCUT2D eigenvalue weighted by Gasteiger charge is 2.14. The van der Waals surface area contributed by atoms with Crippen molar-refractivity contribution in [1.82, 2.24) is 9.55 Å². The third-order valence-corrected chi connectivity index (χ3v) is 4.72. The Morgan fingerprint density at radius 1 is 1.05 bits per heavy atom. The lowest BCUT2D eigenvalue weighted by atomic mass is 10.2. The van der Waals surface area contributed by atoms with Crippen molar-refractivity contribution in [2.24, 2.45) is 0 Å². The fourth-order valence-corrected chi connectivity index (χ4v) is 3.73. The second-order valence-corrected chi connectivity index (χ2v) is 6.00. The molecule has 4 aromatic rings. The number of fused-ring (bicyclic) bond motifs is 2. The zero-order chi connectivity index (χ0) is 14.2. The largest absolute Gasteiger partial charge is 0.321 e. The van der Waals surface area contributed by atoms with Crippen molar-refractivity contribution in [3.05, 3.63) is 54.6 Å². The zero-order valence-electron chi connectivity index (χ0n) is 11.3. The van der Waals surface area contributed by atoms with E-state index < -0.39 is 6.67 Å². The molecule has 0 N–H and O–H groups in total. The molecule has 4 heteroatoms. The lowest BCUT2D eigenvalue weighted by Crippen LogP contribution is -2.01. The highest BCUT2D eigenvalue weighted by atomic mass is 32.1. The van der Waals surface area contributed by atoms with Gasteiger partial charge in [-0.1, -0.05) is 30.3 Å². The van der Waals surface area contributed by atoms with Crippen molar-refractivity contribution in [2.75, 3.05) is 6.67 Å². The molecule has 2 aromatic carbocycles. The maximum absolute atomic E-state index is 12.9. The smallest absolute Gasteiger partial charge is 0.151 e. The van der Waals surface area contributed by atoms with Crippen LogP contribution in [0.2, 0.25) is 0 Å². The number of alkyl halides is 1. The number of thiophene rings is 1. The van der Waals surface area contributed by atoms with Crippen LogP contribution in [-0.2, 0) is 6.54 Å². The van der Waals surface area contributed by atoms with Crippen molar-refractivity contribution >= 4 is 32.5 Å². The Bertz CT molecular complexity index is 890. The summed E-state index contributed by atoms with van der Waals surface area (Å²) in [6, 6.07) is 18.3.